The Hall–Kier alpha value is -1.49. The monoisotopic (exact) mass is 298 g/mol. The summed E-state index contributed by atoms with van der Waals surface area (Å²) in [6.45, 7) is 0.286. The average molecular weight is 299 g/mol. The normalized spacial score (nSPS) is 10.3. The minimum atomic E-state index is -0.565. The van der Waals surface area contributed by atoms with Crippen LogP contribution in [0, 0.1) is 11.8 Å². The quantitative estimate of drug-likeness (QED) is 0.873. The van der Waals surface area contributed by atoms with Gasteiger partial charge in [0.05, 0.1) is 0 Å². The second-order valence-corrected chi connectivity index (χ2v) is 4.37. The van der Waals surface area contributed by atoms with E-state index in [9.17, 15) is 8.78 Å². The van der Waals surface area contributed by atoms with Crippen molar-refractivity contribution in [3.63, 3.8) is 0 Å². The minimum absolute atomic E-state index is 0.286. The summed E-state index contributed by atoms with van der Waals surface area (Å²) < 4.78 is 27.0. The molecule has 0 saturated heterocycles. The molecule has 0 spiro atoms. The summed E-state index contributed by atoms with van der Waals surface area (Å²) in [6, 6.07) is 7.58. The highest BCUT2D eigenvalue weighted by atomic mass is 79.9. The van der Waals surface area contributed by atoms with Gasteiger partial charge in [0.2, 0.25) is 5.95 Å². The third-order valence-electron chi connectivity index (χ3n) is 2.22. The van der Waals surface area contributed by atoms with Crippen molar-refractivity contribution in [1.29, 1.82) is 0 Å². The van der Waals surface area contributed by atoms with Gasteiger partial charge in [-0.2, -0.15) is 4.39 Å². The predicted molar refractivity (Wildman–Crippen MR) is 65.6 cm³/mol. The lowest BCUT2D eigenvalue weighted by Crippen LogP contribution is -2.02. The van der Waals surface area contributed by atoms with Gasteiger partial charge in [-0.3, -0.25) is 0 Å². The van der Waals surface area contributed by atoms with Crippen LogP contribution in [0.5, 0.6) is 0 Å². The summed E-state index contributed by atoms with van der Waals surface area (Å²) in [7, 11) is 0. The fraction of sp³-hybridized carbons (Fsp3) is 0.0833. The lowest BCUT2D eigenvalue weighted by atomic mass is 10.2. The van der Waals surface area contributed by atoms with Crippen molar-refractivity contribution in [3.8, 4) is 0 Å². The summed E-state index contributed by atoms with van der Waals surface area (Å²) in [4.78, 5) is 3.44. The molecule has 0 saturated carbocycles. The molecule has 5 heteroatoms. The lowest BCUT2D eigenvalue weighted by Gasteiger charge is -2.07. The zero-order valence-corrected chi connectivity index (χ0v) is 10.3. The first-order chi connectivity index (χ1) is 8.15. The molecule has 0 aliphatic carbocycles. The Balaban J connectivity index is 2.09. The molecule has 0 unspecified atom stereocenters. The van der Waals surface area contributed by atoms with E-state index >= 15 is 0 Å². The Morgan fingerprint density at radius 1 is 1.18 bits per heavy atom. The Kier molecular flexibility index (Phi) is 3.68. The van der Waals surface area contributed by atoms with E-state index in [1.54, 1.807) is 18.2 Å². The van der Waals surface area contributed by atoms with Gasteiger partial charge in [0.1, 0.15) is 5.82 Å². The first kappa shape index (κ1) is 12.0. The Morgan fingerprint density at radius 3 is 2.76 bits per heavy atom. The number of rotatable bonds is 3. The molecule has 1 N–H and O–H groups in total. The number of hydrogen-bond donors (Lipinski definition) is 1. The maximum atomic E-state index is 13.4. The zero-order chi connectivity index (χ0) is 12.3. The molecule has 2 nitrogen and oxygen atoms in total. The summed E-state index contributed by atoms with van der Waals surface area (Å²) in [6.07, 6.45) is 1.36. The molecule has 1 aromatic carbocycles. The minimum Gasteiger partial charge on any atom is -0.381 e. The standard InChI is InChI=1S/C12H9BrF2N2/c13-9-1-2-11(14)8(5-9)7-17-10-3-4-16-12(15)6-10/h1-6H,7H2,(H,16,17). The third kappa shape index (κ3) is 3.23. The number of halogens is 3. The molecule has 0 atom stereocenters. The molecule has 1 aromatic heterocycles. The molecular formula is C12H9BrF2N2. The van der Waals surface area contributed by atoms with Crippen LogP contribution < -0.4 is 5.32 Å². The van der Waals surface area contributed by atoms with E-state index < -0.39 is 5.95 Å². The van der Waals surface area contributed by atoms with Crippen LogP contribution in [0.15, 0.2) is 41.0 Å². The van der Waals surface area contributed by atoms with Gasteiger partial charge in [-0.15, -0.1) is 0 Å². The van der Waals surface area contributed by atoms with Crippen molar-refractivity contribution in [2.75, 3.05) is 5.32 Å². The smallest absolute Gasteiger partial charge is 0.214 e. The van der Waals surface area contributed by atoms with Crippen molar-refractivity contribution < 1.29 is 8.78 Å². The van der Waals surface area contributed by atoms with Crippen LogP contribution in [0.1, 0.15) is 5.56 Å². The molecule has 0 aliphatic rings. The summed E-state index contributed by atoms with van der Waals surface area (Å²) >= 11 is 3.27. The van der Waals surface area contributed by atoms with Crippen LogP contribution in [-0.4, -0.2) is 4.98 Å². The maximum Gasteiger partial charge on any atom is 0.214 e. The second-order valence-electron chi connectivity index (χ2n) is 3.46. The van der Waals surface area contributed by atoms with Crippen LogP contribution >= 0.6 is 15.9 Å². The van der Waals surface area contributed by atoms with Crippen LogP contribution in [0.25, 0.3) is 0 Å². The molecule has 88 valence electrons. The van der Waals surface area contributed by atoms with Gasteiger partial charge >= 0.3 is 0 Å². The summed E-state index contributed by atoms with van der Waals surface area (Å²) in [5, 5.41) is 2.93. The molecule has 1 heterocycles. The average Bonchev–Trinajstić information content (AvgIpc) is 2.30. The largest absolute Gasteiger partial charge is 0.381 e. The number of aromatic nitrogens is 1. The fourth-order valence-corrected chi connectivity index (χ4v) is 1.80. The third-order valence-corrected chi connectivity index (χ3v) is 2.71. The maximum absolute atomic E-state index is 13.4. The van der Waals surface area contributed by atoms with Gasteiger partial charge in [-0.05, 0) is 24.3 Å². The number of hydrogen-bond acceptors (Lipinski definition) is 2. The Labute approximate surface area is 106 Å². The van der Waals surface area contributed by atoms with Crippen molar-refractivity contribution in [3.05, 3.63) is 58.3 Å². The van der Waals surface area contributed by atoms with Crippen molar-refractivity contribution in [1.82, 2.24) is 4.98 Å². The molecule has 2 aromatic rings. The zero-order valence-electron chi connectivity index (χ0n) is 8.75. The van der Waals surface area contributed by atoms with Crippen LogP contribution in [-0.2, 0) is 6.54 Å². The number of nitrogens with one attached hydrogen (secondary N) is 1. The molecule has 0 fully saturated rings. The fourth-order valence-electron chi connectivity index (χ4n) is 1.39. The number of anilines is 1. The number of pyridine rings is 1. The van der Waals surface area contributed by atoms with E-state index in [4.69, 9.17) is 0 Å². The van der Waals surface area contributed by atoms with Crippen LogP contribution in [0.3, 0.4) is 0 Å². The highest BCUT2D eigenvalue weighted by Gasteiger charge is 2.03. The molecular weight excluding hydrogens is 290 g/mol. The summed E-state index contributed by atoms with van der Waals surface area (Å²) in [5.74, 6) is -0.861. The van der Waals surface area contributed by atoms with E-state index in [-0.39, 0.29) is 12.4 Å². The van der Waals surface area contributed by atoms with Gasteiger partial charge in [0.15, 0.2) is 0 Å². The number of benzene rings is 1. The molecule has 0 bridgehead atoms. The van der Waals surface area contributed by atoms with E-state index in [0.29, 0.717) is 11.3 Å². The lowest BCUT2D eigenvalue weighted by molar-refractivity contribution is 0.584. The van der Waals surface area contributed by atoms with E-state index in [1.165, 1.54) is 18.3 Å². The number of nitrogens with zero attached hydrogens (tertiary/aromatic N) is 1. The Morgan fingerprint density at radius 2 is 2.00 bits per heavy atom. The van der Waals surface area contributed by atoms with Gasteiger partial charge < -0.3 is 5.32 Å². The SMILES string of the molecule is Fc1cc(NCc2cc(Br)ccc2F)ccn1. The van der Waals surface area contributed by atoms with E-state index in [1.807, 2.05) is 0 Å². The van der Waals surface area contributed by atoms with E-state index in [0.717, 1.165) is 4.47 Å². The Bertz CT molecular complexity index is 532. The second kappa shape index (κ2) is 5.23. The first-order valence-corrected chi connectivity index (χ1v) is 5.74. The highest BCUT2D eigenvalue weighted by molar-refractivity contribution is 9.10. The van der Waals surface area contributed by atoms with Crippen molar-refractivity contribution in [2.24, 2.45) is 0 Å². The molecule has 17 heavy (non-hydrogen) atoms. The highest BCUT2D eigenvalue weighted by Crippen LogP contribution is 2.17. The van der Waals surface area contributed by atoms with Crippen LogP contribution in [0.4, 0.5) is 14.5 Å². The topological polar surface area (TPSA) is 24.9 Å². The molecule has 2 rings (SSSR count). The van der Waals surface area contributed by atoms with Gasteiger partial charge in [-0.1, -0.05) is 15.9 Å². The molecule has 0 radical (unpaired) electrons. The molecule has 0 amide bonds. The van der Waals surface area contributed by atoms with E-state index in [2.05, 4.69) is 26.2 Å². The van der Waals surface area contributed by atoms with Gasteiger partial charge in [0, 0.05) is 34.5 Å². The van der Waals surface area contributed by atoms with Crippen molar-refractivity contribution >= 4 is 21.6 Å². The predicted octanol–water partition coefficient (Wildman–Crippen LogP) is 3.73. The molecule has 0 aliphatic heterocycles. The van der Waals surface area contributed by atoms with Crippen molar-refractivity contribution in [2.45, 2.75) is 6.54 Å². The first-order valence-electron chi connectivity index (χ1n) is 4.94. The summed E-state index contributed by atoms with van der Waals surface area (Å²) in [5.41, 5.74) is 1.08. The van der Waals surface area contributed by atoms with Gasteiger partial charge in [-0.25, -0.2) is 9.37 Å². The van der Waals surface area contributed by atoms with Gasteiger partial charge in [0.25, 0.3) is 0 Å². The van der Waals surface area contributed by atoms with Crippen LogP contribution in [0.2, 0.25) is 0 Å².